The van der Waals surface area contributed by atoms with Gasteiger partial charge in [-0.1, -0.05) is 44.2 Å². The Morgan fingerprint density at radius 2 is 1.58 bits per heavy atom. The molecule has 162 valence electrons. The predicted octanol–water partition coefficient (Wildman–Crippen LogP) is 2.94. The van der Waals surface area contributed by atoms with Crippen LogP contribution in [0.4, 0.5) is 0 Å². The number of hydrogen-bond acceptors (Lipinski definition) is 4. The molecule has 7 nitrogen and oxygen atoms in total. The quantitative estimate of drug-likeness (QED) is 0.615. The van der Waals surface area contributed by atoms with E-state index in [2.05, 4.69) is 0 Å². The second-order valence-electron chi connectivity index (χ2n) is 8.07. The maximum absolute atomic E-state index is 13.1. The van der Waals surface area contributed by atoms with Gasteiger partial charge in [-0.3, -0.25) is 9.59 Å². The molecule has 2 heterocycles. The highest BCUT2D eigenvalue weighted by Gasteiger charge is 2.26. The van der Waals surface area contributed by atoms with Gasteiger partial charge in [0.25, 0.3) is 0 Å². The van der Waals surface area contributed by atoms with Crippen molar-refractivity contribution in [3.63, 3.8) is 0 Å². The van der Waals surface area contributed by atoms with Crippen LogP contribution in [0.3, 0.4) is 0 Å². The Kier molecular flexibility index (Phi) is 6.21. The summed E-state index contributed by atoms with van der Waals surface area (Å²) in [6, 6.07) is 17.4. The van der Waals surface area contributed by atoms with E-state index < -0.39 is 0 Å². The number of para-hydroxylation sites is 3. The summed E-state index contributed by atoms with van der Waals surface area (Å²) in [5, 5.41) is 0. The van der Waals surface area contributed by atoms with Gasteiger partial charge in [0, 0.05) is 32.1 Å². The molecule has 0 aliphatic carbocycles. The van der Waals surface area contributed by atoms with Crippen LogP contribution < -0.4 is 4.74 Å². The van der Waals surface area contributed by atoms with Gasteiger partial charge in [-0.2, -0.15) is 0 Å². The van der Waals surface area contributed by atoms with Crippen molar-refractivity contribution >= 4 is 22.8 Å². The smallest absolute Gasteiger partial charge is 0.242 e. The minimum atomic E-state index is -0.0215. The molecule has 1 aliphatic heterocycles. The zero-order valence-electron chi connectivity index (χ0n) is 18.0. The lowest BCUT2D eigenvalue weighted by molar-refractivity contribution is -0.141. The summed E-state index contributed by atoms with van der Waals surface area (Å²) in [7, 11) is 0. The second-order valence-corrected chi connectivity index (χ2v) is 8.07. The third-order valence-electron chi connectivity index (χ3n) is 5.58. The molecule has 31 heavy (non-hydrogen) atoms. The maximum Gasteiger partial charge on any atom is 0.242 e. The molecule has 0 spiro atoms. The molecular formula is C24H28N4O3. The number of piperazine rings is 1. The second kappa shape index (κ2) is 9.20. The van der Waals surface area contributed by atoms with Crippen molar-refractivity contribution < 1.29 is 14.3 Å². The van der Waals surface area contributed by atoms with Gasteiger partial charge in [0.05, 0.1) is 11.0 Å². The SMILES string of the molecule is CC(C)C(=O)N1CCN(C(=O)Cn2c(COc3ccccc3)nc3ccccc32)CC1. The van der Waals surface area contributed by atoms with Crippen molar-refractivity contribution in [2.75, 3.05) is 26.2 Å². The highest BCUT2D eigenvalue weighted by Crippen LogP contribution is 2.19. The third kappa shape index (κ3) is 4.71. The fourth-order valence-corrected chi connectivity index (χ4v) is 3.85. The standard InChI is InChI=1S/C24H28N4O3/c1-18(2)24(30)27-14-12-26(13-15-27)23(29)16-28-21-11-7-6-10-20(21)25-22(28)17-31-19-8-4-3-5-9-19/h3-11,18H,12-17H2,1-2H3. The van der Waals surface area contributed by atoms with Crippen LogP contribution in [0.15, 0.2) is 54.6 Å². The Morgan fingerprint density at radius 3 is 2.29 bits per heavy atom. The number of amides is 2. The Morgan fingerprint density at radius 1 is 0.935 bits per heavy atom. The first-order valence-corrected chi connectivity index (χ1v) is 10.7. The summed E-state index contributed by atoms with van der Waals surface area (Å²) in [5.41, 5.74) is 1.76. The van der Waals surface area contributed by atoms with Gasteiger partial charge in [-0.05, 0) is 24.3 Å². The van der Waals surface area contributed by atoms with E-state index in [-0.39, 0.29) is 30.9 Å². The fraction of sp³-hybridized carbons (Fsp3) is 0.375. The number of benzene rings is 2. The van der Waals surface area contributed by atoms with Gasteiger partial charge in [-0.15, -0.1) is 0 Å². The van der Waals surface area contributed by atoms with Gasteiger partial charge in [0.1, 0.15) is 24.7 Å². The molecule has 0 bridgehead atoms. The van der Waals surface area contributed by atoms with Gasteiger partial charge < -0.3 is 19.1 Å². The molecule has 0 radical (unpaired) electrons. The molecular weight excluding hydrogens is 392 g/mol. The van der Waals surface area contributed by atoms with E-state index in [0.29, 0.717) is 32.0 Å². The summed E-state index contributed by atoms with van der Waals surface area (Å²) < 4.78 is 7.84. The lowest BCUT2D eigenvalue weighted by Gasteiger charge is -2.35. The van der Waals surface area contributed by atoms with Crippen molar-refractivity contribution in [1.29, 1.82) is 0 Å². The highest BCUT2D eigenvalue weighted by atomic mass is 16.5. The maximum atomic E-state index is 13.1. The van der Waals surface area contributed by atoms with E-state index in [9.17, 15) is 9.59 Å². The van der Waals surface area contributed by atoms with Crippen LogP contribution in [0.5, 0.6) is 5.75 Å². The molecule has 1 saturated heterocycles. The molecule has 1 aromatic heterocycles. The molecule has 2 amide bonds. The molecule has 0 atom stereocenters. The molecule has 2 aromatic carbocycles. The van der Waals surface area contributed by atoms with Gasteiger partial charge >= 0.3 is 0 Å². The first kappa shape index (κ1) is 20.9. The summed E-state index contributed by atoms with van der Waals surface area (Å²) in [4.78, 5) is 33.7. The van der Waals surface area contributed by atoms with E-state index in [1.165, 1.54) is 0 Å². The number of fused-ring (bicyclic) bond motifs is 1. The number of hydrogen-bond donors (Lipinski definition) is 0. The van der Waals surface area contributed by atoms with Gasteiger partial charge in [-0.25, -0.2) is 4.98 Å². The van der Waals surface area contributed by atoms with Crippen LogP contribution >= 0.6 is 0 Å². The van der Waals surface area contributed by atoms with Crippen LogP contribution in [0, 0.1) is 5.92 Å². The number of rotatable bonds is 6. The minimum absolute atomic E-state index is 0.0215. The van der Waals surface area contributed by atoms with Gasteiger partial charge in [0.2, 0.25) is 11.8 Å². The van der Waals surface area contributed by atoms with Crippen molar-refractivity contribution in [2.45, 2.75) is 27.0 Å². The van der Waals surface area contributed by atoms with Crippen LogP contribution in [-0.4, -0.2) is 57.3 Å². The van der Waals surface area contributed by atoms with Crippen molar-refractivity contribution in [1.82, 2.24) is 19.4 Å². The first-order valence-electron chi connectivity index (χ1n) is 10.7. The normalized spacial score (nSPS) is 14.3. The van der Waals surface area contributed by atoms with E-state index in [1.807, 2.05) is 82.8 Å². The van der Waals surface area contributed by atoms with E-state index in [4.69, 9.17) is 9.72 Å². The first-order chi connectivity index (χ1) is 15.0. The van der Waals surface area contributed by atoms with Crippen molar-refractivity contribution in [3.8, 4) is 5.75 Å². The summed E-state index contributed by atoms with van der Waals surface area (Å²) in [5.74, 6) is 1.63. The fourth-order valence-electron chi connectivity index (χ4n) is 3.85. The summed E-state index contributed by atoms with van der Waals surface area (Å²) in [6.07, 6.45) is 0. The van der Waals surface area contributed by atoms with Crippen LogP contribution in [0.25, 0.3) is 11.0 Å². The monoisotopic (exact) mass is 420 g/mol. The average molecular weight is 421 g/mol. The molecule has 0 saturated carbocycles. The number of carbonyl (C=O) groups is 2. The number of nitrogens with zero attached hydrogens (tertiary/aromatic N) is 4. The van der Waals surface area contributed by atoms with Crippen LogP contribution in [0.1, 0.15) is 19.7 Å². The van der Waals surface area contributed by atoms with Crippen LogP contribution in [-0.2, 0) is 22.7 Å². The highest BCUT2D eigenvalue weighted by molar-refractivity contribution is 5.82. The number of imidazole rings is 1. The molecule has 3 aromatic rings. The summed E-state index contributed by atoms with van der Waals surface area (Å²) in [6.45, 7) is 6.56. The molecule has 0 N–H and O–H groups in total. The molecule has 0 unspecified atom stereocenters. The Labute approximate surface area is 182 Å². The molecule has 1 aliphatic rings. The zero-order valence-corrected chi connectivity index (χ0v) is 18.0. The van der Waals surface area contributed by atoms with Crippen LogP contribution in [0.2, 0.25) is 0 Å². The Hall–Kier alpha value is -3.35. The Bertz CT molecular complexity index is 1050. The minimum Gasteiger partial charge on any atom is -0.486 e. The topological polar surface area (TPSA) is 67.7 Å². The molecule has 7 heteroatoms. The van der Waals surface area contributed by atoms with E-state index >= 15 is 0 Å². The van der Waals surface area contributed by atoms with Crippen molar-refractivity contribution in [2.24, 2.45) is 5.92 Å². The molecule has 4 rings (SSSR count). The lowest BCUT2D eigenvalue weighted by atomic mass is 10.1. The average Bonchev–Trinajstić information content (AvgIpc) is 3.15. The number of carbonyl (C=O) groups excluding carboxylic acids is 2. The third-order valence-corrected chi connectivity index (χ3v) is 5.58. The largest absolute Gasteiger partial charge is 0.486 e. The van der Waals surface area contributed by atoms with E-state index in [1.54, 1.807) is 0 Å². The lowest BCUT2D eigenvalue weighted by Crippen LogP contribution is -2.52. The zero-order chi connectivity index (χ0) is 21.8. The Balaban J connectivity index is 1.47. The predicted molar refractivity (Wildman–Crippen MR) is 119 cm³/mol. The number of ether oxygens (including phenoxy) is 1. The van der Waals surface area contributed by atoms with Crippen molar-refractivity contribution in [3.05, 3.63) is 60.4 Å². The summed E-state index contributed by atoms with van der Waals surface area (Å²) >= 11 is 0. The molecule has 1 fully saturated rings. The number of aromatic nitrogens is 2. The van der Waals surface area contributed by atoms with E-state index in [0.717, 1.165) is 16.8 Å². The van der Waals surface area contributed by atoms with Gasteiger partial charge in [0.15, 0.2) is 0 Å².